The lowest BCUT2D eigenvalue weighted by molar-refractivity contribution is 0.239. The van der Waals surface area contributed by atoms with Gasteiger partial charge in [0, 0.05) is 17.3 Å². The lowest BCUT2D eigenvalue weighted by Crippen LogP contribution is -2.30. The van der Waals surface area contributed by atoms with Crippen LogP contribution >= 0.6 is 11.6 Å². The van der Waals surface area contributed by atoms with Gasteiger partial charge in [0.1, 0.15) is 0 Å². The van der Waals surface area contributed by atoms with E-state index in [-0.39, 0.29) is 0 Å². The fraction of sp³-hybridized carbons (Fsp3) is 0.625. The van der Waals surface area contributed by atoms with Gasteiger partial charge in [0.25, 0.3) is 0 Å². The predicted octanol–water partition coefficient (Wildman–Crippen LogP) is 3.48. The van der Waals surface area contributed by atoms with Gasteiger partial charge in [0.2, 0.25) is 0 Å². The normalized spacial score (nSPS) is 11.5. The quantitative estimate of drug-likeness (QED) is 0.708. The highest BCUT2D eigenvalue weighted by atomic mass is 35.5. The van der Waals surface area contributed by atoms with Gasteiger partial charge in [0.05, 0.1) is 0 Å². The van der Waals surface area contributed by atoms with Crippen molar-refractivity contribution in [3.63, 3.8) is 0 Å². The van der Waals surface area contributed by atoms with Crippen molar-refractivity contribution in [3.8, 4) is 0 Å². The minimum absolute atomic E-state index is 0.758. The summed E-state index contributed by atoms with van der Waals surface area (Å²) in [6.07, 6.45) is 1.19. The van der Waals surface area contributed by atoms with Crippen molar-refractivity contribution >= 4 is 17.3 Å². The van der Waals surface area contributed by atoms with E-state index in [0.29, 0.717) is 0 Å². The third-order valence-corrected chi connectivity index (χ3v) is 4.02. The topological polar surface area (TPSA) is 32.5 Å². The molecule has 1 aromatic carbocycles. The molecule has 0 atom stereocenters. The minimum Gasteiger partial charge on any atom is -0.398 e. The summed E-state index contributed by atoms with van der Waals surface area (Å²) in [7, 11) is 0. The Morgan fingerprint density at radius 3 is 2.20 bits per heavy atom. The molecule has 2 N–H and O–H groups in total. The van der Waals surface area contributed by atoms with Crippen LogP contribution in [0.4, 0.5) is 5.69 Å². The van der Waals surface area contributed by atoms with Gasteiger partial charge in [-0.15, -0.1) is 0 Å². The maximum atomic E-state index is 6.05. The molecule has 0 aromatic heterocycles. The molecule has 0 heterocycles. The van der Waals surface area contributed by atoms with Gasteiger partial charge in [-0.1, -0.05) is 32.4 Å². The monoisotopic (exact) mass is 297 g/mol. The molecule has 0 spiro atoms. The van der Waals surface area contributed by atoms with Crippen molar-refractivity contribution in [1.29, 1.82) is 0 Å². The second kappa shape index (κ2) is 9.22. The van der Waals surface area contributed by atoms with E-state index < -0.39 is 0 Å². The molecule has 20 heavy (non-hydrogen) atoms. The Hall–Kier alpha value is -0.770. The molecule has 0 saturated carbocycles. The van der Waals surface area contributed by atoms with Crippen LogP contribution in [-0.2, 0) is 6.54 Å². The van der Waals surface area contributed by atoms with Crippen LogP contribution in [0.1, 0.15) is 32.8 Å². The van der Waals surface area contributed by atoms with Gasteiger partial charge >= 0.3 is 0 Å². The number of hydrogen-bond donors (Lipinski definition) is 1. The van der Waals surface area contributed by atoms with Gasteiger partial charge in [-0.25, -0.2) is 0 Å². The number of rotatable bonds is 9. The van der Waals surface area contributed by atoms with E-state index in [2.05, 4.69) is 30.6 Å². The smallest absolute Gasteiger partial charge is 0.0410 e. The van der Waals surface area contributed by atoms with Crippen molar-refractivity contribution in [2.24, 2.45) is 0 Å². The highest BCUT2D eigenvalue weighted by Gasteiger charge is 2.08. The molecule has 3 nitrogen and oxygen atoms in total. The summed E-state index contributed by atoms with van der Waals surface area (Å²) < 4.78 is 0. The van der Waals surface area contributed by atoms with Crippen LogP contribution < -0.4 is 5.73 Å². The number of nitrogens with two attached hydrogens (primary N) is 1. The Morgan fingerprint density at radius 1 is 1.00 bits per heavy atom. The van der Waals surface area contributed by atoms with E-state index in [0.717, 1.165) is 55.5 Å². The van der Waals surface area contributed by atoms with E-state index >= 15 is 0 Å². The Bertz CT molecular complexity index is 391. The Morgan fingerprint density at radius 2 is 1.60 bits per heavy atom. The van der Waals surface area contributed by atoms with Crippen LogP contribution in [0.5, 0.6) is 0 Å². The number of nitrogens with zero attached hydrogens (tertiary/aromatic N) is 2. The van der Waals surface area contributed by atoms with E-state index in [4.69, 9.17) is 17.3 Å². The molecule has 0 aliphatic heterocycles. The van der Waals surface area contributed by atoms with E-state index in [1.807, 2.05) is 18.2 Å². The summed E-state index contributed by atoms with van der Waals surface area (Å²) >= 11 is 6.05. The number of anilines is 1. The Labute approximate surface area is 128 Å². The first kappa shape index (κ1) is 17.3. The van der Waals surface area contributed by atoms with Gasteiger partial charge in [-0.2, -0.15) is 0 Å². The number of nitrogen functional groups attached to an aromatic ring is 1. The highest BCUT2D eigenvalue weighted by Crippen LogP contribution is 2.19. The van der Waals surface area contributed by atoms with Crippen LogP contribution in [0.2, 0.25) is 5.02 Å². The van der Waals surface area contributed by atoms with E-state index in [9.17, 15) is 0 Å². The second-order valence-electron chi connectivity index (χ2n) is 5.09. The zero-order valence-electron chi connectivity index (χ0n) is 13.0. The number of benzene rings is 1. The standard InChI is InChI=1S/C16H28ClN3/c1-4-19(5-2)10-7-11-20(6-3)13-14-12-15(17)8-9-16(14)18/h8-9,12H,4-7,10-11,13,18H2,1-3H3. The molecular weight excluding hydrogens is 270 g/mol. The first-order chi connectivity index (χ1) is 9.60. The van der Waals surface area contributed by atoms with Crippen molar-refractivity contribution in [1.82, 2.24) is 9.80 Å². The van der Waals surface area contributed by atoms with Crippen molar-refractivity contribution in [2.45, 2.75) is 33.7 Å². The average Bonchev–Trinajstić information content (AvgIpc) is 2.46. The summed E-state index contributed by atoms with van der Waals surface area (Å²) in [5, 5.41) is 0.758. The molecule has 114 valence electrons. The van der Waals surface area contributed by atoms with E-state index in [1.165, 1.54) is 6.42 Å². The molecule has 4 heteroatoms. The van der Waals surface area contributed by atoms with Crippen LogP contribution in [0, 0.1) is 0 Å². The molecule has 0 unspecified atom stereocenters. The molecular formula is C16H28ClN3. The van der Waals surface area contributed by atoms with Gasteiger partial charge < -0.3 is 10.6 Å². The molecule has 1 aromatic rings. The molecule has 0 radical (unpaired) electrons. The first-order valence-electron chi connectivity index (χ1n) is 7.59. The molecule has 0 bridgehead atoms. The van der Waals surface area contributed by atoms with Crippen LogP contribution in [0.15, 0.2) is 18.2 Å². The van der Waals surface area contributed by atoms with Gasteiger partial charge in [0.15, 0.2) is 0 Å². The third kappa shape index (κ3) is 5.70. The zero-order valence-corrected chi connectivity index (χ0v) is 13.8. The molecule has 0 aliphatic rings. The number of hydrogen-bond acceptors (Lipinski definition) is 3. The second-order valence-corrected chi connectivity index (χ2v) is 5.53. The lowest BCUT2D eigenvalue weighted by atomic mass is 10.1. The molecule has 0 saturated heterocycles. The summed E-state index contributed by atoms with van der Waals surface area (Å²) in [6, 6.07) is 5.71. The summed E-state index contributed by atoms with van der Waals surface area (Å²) in [4.78, 5) is 4.88. The first-order valence-corrected chi connectivity index (χ1v) is 7.97. The molecule has 0 amide bonds. The summed E-state index contributed by atoms with van der Waals surface area (Å²) in [5.41, 5.74) is 7.98. The van der Waals surface area contributed by atoms with Crippen LogP contribution in [0.3, 0.4) is 0 Å². The lowest BCUT2D eigenvalue weighted by Gasteiger charge is -2.24. The summed E-state index contributed by atoms with van der Waals surface area (Å²) in [6.45, 7) is 13.0. The Balaban J connectivity index is 2.48. The van der Waals surface area contributed by atoms with Crippen LogP contribution in [0.25, 0.3) is 0 Å². The fourth-order valence-electron chi connectivity index (χ4n) is 2.36. The van der Waals surface area contributed by atoms with E-state index in [1.54, 1.807) is 0 Å². The van der Waals surface area contributed by atoms with Crippen molar-refractivity contribution in [2.75, 3.05) is 38.5 Å². The maximum Gasteiger partial charge on any atom is 0.0410 e. The largest absolute Gasteiger partial charge is 0.398 e. The zero-order chi connectivity index (χ0) is 15.0. The van der Waals surface area contributed by atoms with Crippen LogP contribution in [-0.4, -0.2) is 42.5 Å². The molecule has 0 fully saturated rings. The summed E-state index contributed by atoms with van der Waals surface area (Å²) in [5.74, 6) is 0. The van der Waals surface area contributed by atoms with Crippen molar-refractivity contribution < 1.29 is 0 Å². The SMILES string of the molecule is CCN(CC)CCCN(CC)Cc1cc(Cl)ccc1N. The Kier molecular flexibility index (Phi) is 7.97. The maximum absolute atomic E-state index is 6.05. The minimum atomic E-state index is 0.758. The average molecular weight is 298 g/mol. The molecule has 0 aliphatic carbocycles. The third-order valence-electron chi connectivity index (χ3n) is 3.79. The predicted molar refractivity (Wildman–Crippen MR) is 89.2 cm³/mol. The fourth-order valence-corrected chi connectivity index (χ4v) is 2.55. The van der Waals surface area contributed by atoms with Gasteiger partial charge in [-0.3, -0.25) is 4.90 Å². The number of halogens is 1. The molecule has 1 rings (SSSR count). The highest BCUT2D eigenvalue weighted by molar-refractivity contribution is 6.30. The van der Waals surface area contributed by atoms with Crippen molar-refractivity contribution in [3.05, 3.63) is 28.8 Å². The van der Waals surface area contributed by atoms with Gasteiger partial charge in [-0.05, 0) is 62.9 Å².